The van der Waals surface area contributed by atoms with E-state index in [1.54, 1.807) is 0 Å². The van der Waals surface area contributed by atoms with Gasteiger partial charge in [0.15, 0.2) is 0 Å². The zero-order chi connectivity index (χ0) is 16.8. The summed E-state index contributed by atoms with van der Waals surface area (Å²) in [5, 5.41) is 3.55. The van der Waals surface area contributed by atoms with E-state index in [9.17, 15) is 0 Å². The summed E-state index contributed by atoms with van der Waals surface area (Å²) in [5.74, 6) is 0.957. The Bertz CT molecular complexity index is 380. The molecule has 0 saturated heterocycles. The predicted molar refractivity (Wildman–Crippen MR) is 115 cm³/mol. The predicted octanol–water partition coefficient (Wildman–Crippen LogP) is 5.31. The molecule has 0 unspecified atom stereocenters. The summed E-state index contributed by atoms with van der Waals surface area (Å²) < 4.78 is 5.47. The smallest absolute Gasteiger partial charge is 0.119 e. The second-order valence-electron chi connectivity index (χ2n) is 6.16. The maximum absolute atomic E-state index is 5.47. The average Bonchev–Trinajstić information content (AvgIpc) is 2.58. The second kappa shape index (κ2) is 18.3. The van der Waals surface area contributed by atoms with Gasteiger partial charge in [0.2, 0.25) is 0 Å². The number of hydrogen-bond acceptors (Lipinski definition) is 3. The van der Waals surface area contributed by atoms with Crippen molar-refractivity contribution in [1.82, 2.24) is 10.2 Å². The van der Waals surface area contributed by atoms with Gasteiger partial charge in [-0.05, 0) is 70.1 Å². The molecule has 0 bridgehead atoms. The van der Waals surface area contributed by atoms with E-state index in [1.807, 2.05) is 6.92 Å². The standard InChI is InChI=1S/C20H36N2O.2ClH/c1-4-7-15-22(16-8-5-2)17-9-14-21-18-19-10-12-20(13-11-19)23-6-3;;/h10-13,21H,4-9,14-18H2,1-3H3;2*1H. The van der Waals surface area contributed by atoms with E-state index in [-0.39, 0.29) is 24.8 Å². The number of unbranched alkanes of at least 4 members (excludes halogenated alkanes) is 2. The molecule has 0 fully saturated rings. The lowest BCUT2D eigenvalue weighted by molar-refractivity contribution is 0.261. The lowest BCUT2D eigenvalue weighted by Gasteiger charge is -2.22. The zero-order valence-corrected chi connectivity index (χ0v) is 17.9. The third-order valence-corrected chi connectivity index (χ3v) is 4.05. The fourth-order valence-corrected chi connectivity index (χ4v) is 2.63. The Kier molecular flexibility index (Phi) is 19.6. The molecule has 5 heteroatoms. The van der Waals surface area contributed by atoms with Crippen molar-refractivity contribution in [3.05, 3.63) is 29.8 Å². The number of rotatable bonds is 14. The van der Waals surface area contributed by atoms with E-state index >= 15 is 0 Å². The van der Waals surface area contributed by atoms with Crippen molar-refractivity contribution in [1.29, 1.82) is 0 Å². The second-order valence-corrected chi connectivity index (χ2v) is 6.16. The van der Waals surface area contributed by atoms with Crippen LogP contribution in [0.3, 0.4) is 0 Å². The van der Waals surface area contributed by atoms with Gasteiger partial charge in [-0.15, -0.1) is 24.8 Å². The van der Waals surface area contributed by atoms with Gasteiger partial charge in [-0.1, -0.05) is 38.8 Å². The third kappa shape index (κ3) is 13.4. The molecular weight excluding hydrogens is 355 g/mol. The van der Waals surface area contributed by atoms with Gasteiger partial charge in [-0.25, -0.2) is 0 Å². The topological polar surface area (TPSA) is 24.5 Å². The maximum Gasteiger partial charge on any atom is 0.119 e. The van der Waals surface area contributed by atoms with Crippen LogP contribution in [0.25, 0.3) is 0 Å². The van der Waals surface area contributed by atoms with Crippen LogP contribution in [0.2, 0.25) is 0 Å². The van der Waals surface area contributed by atoms with Crippen LogP contribution in [0.1, 0.15) is 58.4 Å². The Hall–Kier alpha value is -0.480. The minimum absolute atomic E-state index is 0. The fourth-order valence-electron chi connectivity index (χ4n) is 2.63. The Labute approximate surface area is 167 Å². The number of halogens is 2. The van der Waals surface area contributed by atoms with Gasteiger partial charge in [-0.2, -0.15) is 0 Å². The van der Waals surface area contributed by atoms with Crippen LogP contribution < -0.4 is 10.1 Å². The van der Waals surface area contributed by atoms with Crippen LogP contribution >= 0.6 is 24.8 Å². The summed E-state index contributed by atoms with van der Waals surface area (Å²) in [6.45, 7) is 13.1. The normalized spacial score (nSPS) is 10.2. The number of benzene rings is 1. The van der Waals surface area contributed by atoms with Crippen molar-refractivity contribution in [2.24, 2.45) is 0 Å². The minimum Gasteiger partial charge on any atom is -0.494 e. The quantitative estimate of drug-likeness (QED) is 0.434. The molecule has 3 nitrogen and oxygen atoms in total. The first-order chi connectivity index (χ1) is 11.3. The molecule has 0 aliphatic heterocycles. The van der Waals surface area contributed by atoms with E-state index < -0.39 is 0 Å². The molecule has 1 aromatic carbocycles. The van der Waals surface area contributed by atoms with Crippen molar-refractivity contribution < 1.29 is 4.74 Å². The molecule has 0 heterocycles. The Morgan fingerprint density at radius 3 is 1.92 bits per heavy atom. The summed E-state index contributed by atoms with van der Waals surface area (Å²) in [4.78, 5) is 2.63. The highest BCUT2D eigenvalue weighted by Gasteiger charge is 2.03. The van der Waals surface area contributed by atoms with E-state index in [0.29, 0.717) is 0 Å². The third-order valence-electron chi connectivity index (χ3n) is 4.05. The van der Waals surface area contributed by atoms with E-state index in [1.165, 1.54) is 57.3 Å². The van der Waals surface area contributed by atoms with E-state index in [0.717, 1.165) is 25.4 Å². The van der Waals surface area contributed by atoms with Crippen LogP contribution in [-0.2, 0) is 6.54 Å². The Morgan fingerprint density at radius 1 is 0.840 bits per heavy atom. The van der Waals surface area contributed by atoms with Gasteiger partial charge in [0, 0.05) is 6.54 Å². The summed E-state index contributed by atoms with van der Waals surface area (Å²) in [5.41, 5.74) is 1.32. The van der Waals surface area contributed by atoms with Gasteiger partial charge >= 0.3 is 0 Å². The van der Waals surface area contributed by atoms with Crippen molar-refractivity contribution in [3.63, 3.8) is 0 Å². The molecule has 0 aliphatic rings. The first-order valence-electron chi connectivity index (χ1n) is 9.44. The van der Waals surface area contributed by atoms with Crippen LogP contribution in [0.5, 0.6) is 5.75 Å². The van der Waals surface area contributed by atoms with Crippen LogP contribution in [-0.4, -0.2) is 37.7 Å². The van der Waals surface area contributed by atoms with Gasteiger partial charge in [0.05, 0.1) is 6.61 Å². The summed E-state index contributed by atoms with van der Waals surface area (Å²) in [6, 6.07) is 8.40. The number of nitrogens with one attached hydrogen (secondary N) is 1. The lowest BCUT2D eigenvalue weighted by Crippen LogP contribution is -2.29. The van der Waals surface area contributed by atoms with Crippen molar-refractivity contribution in [3.8, 4) is 5.75 Å². The van der Waals surface area contributed by atoms with Crippen molar-refractivity contribution in [2.75, 3.05) is 32.8 Å². The largest absolute Gasteiger partial charge is 0.494 e. The maximum atomic E-state index is 5.47. The van der Waals surface area contributed by atoms with Gasteiger partial charge < -0.3 is 15.0 Å². The molecule has 0 spiro atoms. The molecule has 25 heavy (non-hydrogen) atoms. The number of nitrogens with zero attached hydrogens (tertiary/aromatic N) is 1. The van der Waals surface area contributed by atoms with E-state index in [4.69, 9.17) is 4.74 Å². The van der Waals surface area contributed by atoms with Gasteiger partial charge in [-0.3, -0.25) is 0 Å². The molecule has 0 radical (unpaired) electrons. The first kappa shape index (κ1) is 26.7. The molecule has 148 valence electrons. The van der Waals surface area contributed by atoms with Crippen molar-refractivity contribution >= 4 is 24.8 Å². The molecule has 0 atom stereocenters. The molecule has 0 aliphatic carbocycles. The monoisotopic (exact) mass is 392 g/mol. The van der Waals surface area contributed by atoms with Crippen LogP contribution in [0, 0.1) is 0 Å². The molecule has 1 N–H and O–H groups in total. The molecule has 0 aromatic heterocycles. The Balaban J connectivity index is 0. The first-order valence-corrected chi connectivity index (χ1v) is 9.44. The van der Waals surface area contributed by atoms with Crippen LogP contribution in [0.15, 0.2) is 24.3 Å². The molecular formula is C20H38Cl2N2O. The summed E-state index contributed by atoms with van der Waals surface area (Å²) in [7, 11) is 0. The highest BCUT2D eigenvalue weighted by molar-refractivity contribution is 5.85. The fraction of sp³-hybridized carbons (Fsp3) is 0.700. The van der Waals surface area contributed by atoms with Crippen molar-refractivity contribution in [2.45, 2.75) is 59.4 Å². The minimum atomic E-state index is 0. The highest BCUT2D eigenvalue weighted by atomic mass is 35.5. The van der Waals surface area contributed by atoms with Gasteiger partial charge in [0.1, 0.15) is 5.75 Å². The molecule has 1 aromatic rings. The highest BCUT2D eigenvalue weighted by Crippen LogP contribution is 2.11. The van der Waals surface area contributed by atoms with E-state index in [2.05, 4.69) is 48.3 Å². The van der Waals surface area contributed by atoms with Gasteiger partial charge in [0.25, 0.3) is 0 Å². The van der Waals surface area contributed by atoms with Crippen LogP contribution in [0.4, 0.5) is 0 Å². The summed E-state index contributed by atoms with van der Waals surface area (Å²) in [6.07, 6.45) is 6.45. The summed E-state index contributed by atoms with van der Waals surface area (Å²) >= 11 is 0. The Morgan fingerprint density at radius 2 is 1.40 bits per heavy atom. The molecule has 0 amide bonds. The number of hydrogen-bond donors (Lipinski definition) is 1. The zero-order valence-electron chi connectivity index (χ0n) is 16.3. The number of ether oxygens (including phenoxy) is 1. The molecule has 1 rings (SSSR count). The lowest BCUT2D eigenvalue weighted by atomic mass is 10.2. The average molecular weight is 393 g/mol. The SMILES string of the molecule is CCCCN(CCCC)CCCNCc1ccc(OCC)cc1.Cl.Cl. The molecule has 0 saturated carbocycles.